The minimum Gasteiger partial charge on any atom is -0.328 e. The Labute approximate surface area is 109 Å². The number of amides is 1. The van der Waals surface area contributed by atoms with Crippen LogP contribution in [-0.4, -0.2) is 11.9 Å². The van der Waals surface area contributed by atoms with Gasteiger partial charge in [-0.2, -0.15) is 0 Å². The predicted octanol–water partition coefficient (Wildman–Crippen LogP) is 2.76. The molecule has 1 aliphatic carbocycles. The van der Waals surface area contributed by atoms with E-state index in [-0.39, 0.29) is 17.9 Å². The van der Waals surface area contributed by atoms with E-state index in [1.54, 1.807) is 0 Å². The molecule has 0 radical (unpaired) electrons. The first-order chi connectivity index (χ1) is 8.56. The molecule has 3 N–H and O–H groups in total. The Morgan fingerprint density at radius 2 is 1.89 bits per heavy atom. The van der Waals surface area contributed by atoms with Gasteiger partial charge in [0.15, 0.2) is 0 Å². The molecule has 3 nitrogen and oxygen atoms in total. The van der Waals surface area contributed by atoms with Crippen molar-refractivity contribution in [3.8, 4) is 0 Å². The van der Waals surface area contributed by atoms with Crippen LogP contribution in [0.4, 0.5) is 5.69 Å². The molecule has 18 heavy (non-hydrogen) atoms. The summed E-state index contributed by atoms with van der Waals surface area (Å²) in [4.78, 5) is 12.2. The van der Waals surface area contributed by atoms with Crippen LogP contribution in [-0.2, 0) is 4.79 Å². The van der Waals surface area contributed by atoms with Gasteiger partial charge in [0.1, 0.15) is 0 Å². The molecule has 0 aliphatic heterocycles. The van der Waals surface area contributed by atoms with Crippen molar-refractivity contribution in [2.45, 2.75) is 45.6 Å². The highest BCUT2D eigenvalue weighted by molar-refractivity contribution is 5.93. The number of hydrogen-bond donors (Lipinski definition) is 2. The van der Waals surface area contributed by atoms with Gasteiger partial charge in [0.05, 0.1) is 0 Å². The Kier molecular flexibility index (Phi) is 4.02. The maximum Gasteiger partial charge on any atom is 0.227 e. The van der Waals surface area contributed by atoms with E-state index < -0.39 is 0 Å². The Morgan fingerprint density at radius 1 is 1.22 bits per heavy atom. The predicted molar refractivity (Wildman–Crippen MR) is 74.5 cm³/mol. The van der Waals surface area contributed by atoms with Crippen LogP contribution in [0.25, 0.3) is 0 Å². The lowest BCUT2D eigenvalue weighted by molar-refractivity contribution is -0.120. The third-order valence-electron chi connectivity index (χ3n) is 3.79. The third kappa shape index (κ3) is 3.10. The number of anilines is 1. The molecule has 0 heterocycles. The molecule has 2 rings (SSSR count). The zero-order valence-corrected chi connectivity index (χ0v) is 11.2. The molecule has 0 spiro atoms. The van der Waals surface area contributed by atoms with E-state index in [9.17, 15) is 4.79 Å². The van der Waals surface area contributed by atoms with Gasteiger partial charge in [0.25, 0.3) is 0 Å². The molecule has 98 valence electrons. The molecule has 0 saturated heterocycles. The van der Waals surface area contributed by atoms with E-state index in [4.69, 9.17) is 5.73 Å². The number of rotatable bonds is 2. The number of carbonyl (C=O) groups is 1. The summed E-state index contributed by atoms with van der Waals surface area (Å²) in [6.07, 6.45) is 3.76. The Hall–Kier alpha value is -1.35. The summed E-state index contributed by atoms with van der Waals surface area (Å²) in [5.74, 6) is 0.278. The Bertz CT molecular complexity index is 434. The summed E-state index contributed by atoms with van der Waals surface area (Å²) in [5.41, 5.74) is 9.08. The van der Waals surface area contributed by atoms with E-state index in [2.05, 4.69) is 11.4 Å². The second kappa shape index (κ2) is 5.53. The van der Waals surface area contributed by atoms with Crippen molar-refractivity contribution in [3.05, 3.63) is 29.3 Å². The summed E-state index contributed by atoms with van der Waals surface area (Å²) in [5, 5.41) is 3.06. The quantitative estimate of drug-likeness (QED) is 0.843. The van der Waals surface area contributed by atoms with Crippen molar-refractivity contribution in [2.75, 3.05) is 5.32 Å². The molecule has 0 atom stereocenters. The minimum absolute atomic E-state index is 0.129. The standard InChI is InChI=1S/C15H22N2O/c1-10-3-4-11(2)14(9-10)17-15(18)12-5-7-13(16)8-6-12/h3-4,9,12-13H,5-8,16H2,1-2H3,(H,17,18). The average Bonchev–Trinajstić information content (AvgIpc) is 2.34. The average molecular weight is 246 g/mol. The van der Waals surface area contributed by atoms with Gasteiger partial charge in [0, 0.05) is 17.6 Å². The van der Waals surface area contributed by atoms with Crippen molar-refractivity contribution in [3.63, 3.8) is 0 Å². The molecule has 1 aromatic rings. The van der Waals surface area contributed by atoms with Crippen LogP contribution in [0.1, 0.15) is 36.8 Å². The van der Waals surface area contributed by atoms with Gasteiger partial charge in [-0.05, 0) is 56.7 Å². The first-order valence-corrected chi connectivity index (χ1v) is 6.70. The Morgan fingerprint density at radius 3 is 2.56 bits per heavy atom. The fourth-order valence-electron chi connectivity index (χ4n) is 2.49. The first-order valence-electron chi connectivity index (χ1n) is 6.70. The highest BCUT2D eigenvalue weighted by Crippen LogP contribution is 2.25. The molecular formula is C15H22N2O. The molecule has 1 amide bonds. The largest absolute Gasteiger partial charge is 0.328 e. The summed E-state index contributed by atoms with van der Waals surface area (Å²) in [6, 6.07) is 6.42. The lowest BCUT2D eigenvalue weighted by Gasteiger charge is -2.25. The van der Waals surface area contributed by atoms with Gasteiger partial charge < -0.3 is 11.1 Å². The van der Waals surface area contributed by atoms with Crippen LogP contribution in [0, 0.1) is 19.8 Å². The maximum atomic E-state index is 12.2. The van der Waals surface area contributed by atoms with Crippen molar-refractivity contribution in [1.82, 2.24) is 0 Å². The summed E-state index contributed by atoms with van der Waals surface area (Å²) < 4.78 is 0. The Balaban J connectivity index is 2.00. The lowest BCUT2D eigenvalue weighted by atomic mass is 9.86. The zero-order valence-electron chi connectivity index (χ0n) is 11.2. The van der Waals surface area contributed by atoms with Crippen LogP contribution in [0.3, 0.4) is 0 Å². The number of carbonyl (C=O) groups excluding carboxylic acids is 1. The van der Waals surface area contributed by atoms with Gasteiger partial charge in [0.2, 0.25) is 5.91 Å². The minimum atomic E-state index is 0.129. The fourth-order valence-corrected chi connectivity index (χ4v) is 2.49. The zero-order chi connectivity index (χ0) is 13.1. The molecule has 0 bridgehead atoms. The molecule has 1 saturated carbocycles. The molecule has 1 fully saturated rings. The number of benzene rings is 1. The van der Waals surface area contributed by atoms with E-state index in [0.29, 0.717) is 0 Å². The second-order valence-electron chi connectivity index (χ2n) is 5.42. The summed E-state index contributed by atoms with van der Waals surface area (Å²) in [6.45, 7) is 4.06. The molecular weight excluding hydrogens is 224 g/mol. The number of hydrogen-bond acceptors (Lipinski definition) is 2. The van der Waals surface area contributed by atoms with E-state index in [1.807, 2.05) is 26.0 Å². The molecule has 0 aromatic heterocycles. The van der Waals surface area contributed by atoms with Crippen molar-refractivity contribution < 1.29 is 4.79 Å². The SMILES string of the molecule is Cc1ccc(C)c(NC(=O)C2CCC(N)CC2)c1. The highest BCUT2D eigenvalue weighted by atomic mass is 16.1. The van der Waals surface area contributed by atoms with Crippen LogP contribution >= 0.6 is 0 Å². The van der Waals surface area contributed by atoms with Crippen LogP contribution in [0.5, 0.6) is 0 Å². The van der Waals surface area contributed by atoms with Gasteiger partial charge in [-0.25, -0.2) is 0 Å². The maximum absolute atomic E-state index is 12.2. The van der Waals surface area contributed by atoms with E-state index in [0.717, 1.165) is 36.9 Å². The highest BCUT2D eigenvalue weighted by Gasteiger charge is 2.24. The molecule has 1 aliphatic rings. The topological polar surface area (TPSA) is 55.1 Å². The van der Waals surface area contributed by atoms with E-state index in [1.165, 1.54) is 5.56 Å². The van der Waals surface area contributed by atoms with Crippen molar-refractivity contribution in [1.29, 1.82) is 0 Å². The first kappa shape index (κ1) is 13.1. The van der Waals surface area contributed by atoms with Crippen LogP contribution in [0.15, 0.2) is 18.2 Å². The van der Waals surface area contributed by atoms with Gasteiger partial charge >= 0.3 is 0 Å². The molecule has 1 aromatic carbocycles. The van der Waals surface area contributed by atoms with E-state index >= 15 is 0 Å². The monoisotopic (exact) mass is 246 g/mol. The van der Waals surface area contributed by atoms with Gasteiger partial charge in [-0.3, -0.25) is 4.79 Å². The summed E-state index contributed by atoms with van der Waals surface area (Å²) in [7, 11) is 0. The summed E-state index contributed by atoms with van der Waals surface area (Å²) >= 11 is 0. The van der Waals surface area contributed by atoms with Crippen molar-refractivity contribution >= 4 is 11.6 Å². The molecule has 0 unspecified atom stereocenters. The molecule has 3 heteroatoms. The fraction of sp³-hybridized carbons (Fsp3) is 0.533. The van der Waals surface area contributed by atoms with Crippen LogP contribution in [0.2, 0.25) is 0 Å². The van der Waals surface area contributed by atoms with Gasteiger partial charge in [-0.15, -0.1) is 0 Å². The van der Waals surface area contributed by atoms with Crippen LogP contribution < -0.4 is 11.1 Å². The number of nitrogens with one attached hydrogen (secondary N) is 1. The lowest BCUT2D eigenvalue weighted by Crippen LogP contribution is -2.32. The smallest absolute Gasteiger partial charge is 0.227 e. The normalized spacial score (nSPS) is 23.7. The second-order valence-corrected chi connectivity index (χ2v) is 5.42. The number of aryl methyl sites for hydroxylation is 2. The third-order valence-corrected chi connectivity index (χ3v) is 3.79. The van der Waals surface area contributed by atoms with Crippen molar-refractivity contribution in [2.24, 2.45) is 11.7 Å². The number of nitrogens with two attached hydrogens (primary N) is 1. The van der Waals surface area contributed by atoms with Gasteiger partial charge in [-0.1, -0.05) is 12.1 Å².